The highest BCUT2D eigenvalue weighted by molar-refractivity contribution is 5.82. The third kappa shape index (κ3) is 7.93. The summed E-state index contributed by atoms with van der Waals surface area (Å²) in [6.45, 7) is 7.35. The fraction of sp³-hybridized carbons (Fsp3) is 0.842. The van der Waals surface area contributed by atoms with Crippen LogP contribution in [0.4, 0.5) is 0 Å². The molecule has 0 saturated heterocycles. The van der Waals surface area contributed by atoms with E-state index in [1.807, 2.05) is 20.8 Å². The van der Waals surface area contributed by atoms with Crippen molar-refractivity contribution in [1.82, 2.24) is 10.6 Å². The number of nitrogens with one attached hydrogen (secondary N) is 2. The maximum atomic E-state index is 12.0. The van der Waals surface area contributed by atoms with Gasteiger partial charge < -0.3 is 10.6 Å². The Labute approximate surface area is 146 Å². The van der Waals surface area contributed by atoms with Crippen LogP contribution in [0.1, 0.15) is 72.1 Å². The van der Waals surface area contributed by atoms with E-state index < -0.39 is 0 Å². The number of hydrogen-bond acceptors (Lipinski definition) is 3. The summed E-state index contributed by atoms with van der Waals surface area (Å²) >= 11 is 0. The van der Waals surface area contributed by atoms with Gasteiger partial charge in [0.2, 0.25) is 11.8 Å². The van der Waals surface area contributed by atoms with Crippen LogP contribution in [-0.4, -0.2) is 30.7 Å². The molecule has 1 aliphatic carbocycles. The van der Waals surface area contributed by atoms with Crippen LogP contribution < -0.4 is 10.6 Å². The van der Waals surface area contributed by atoms with Crippen LogP contribution in [0.15, 0.2) is 0 Å². The topological polar surface area (TPSA) is 75.3 Å². The van der Waals surface area contributed by atoms with Gasteiger partial charge in [-0.1, -0.05) is 20.8 Å². The number of ketones is 1. The molecule has 1 aliphatic rings. The number of hydrogen-bond donors (Lipinski definition) is 2. The molecule has 0 aromatic carbocycles. The SMILES string of the molecule is CCCNC(=O)CCCC(=O)NCC1CCC(C(=O)C(C)C)CC1. The third-order valence-electron chi connectivity index (χ3n) is 4.79. The Kier molecular flexibility index (Phi) is 9.65. The molecule has 0 unspecified atom stereocenters. The van der Waals surface area contributed by atoms with Crippen LogP contribution in [0.25, 0.3) is 0 Å². The zero-order valence-corrected chi connectivity index (χ0v) is 15.5. The highest BCUT2D eigenvalue weighted by Crippen LogP contribution is 2.30. The van der Waals surface area contributed by atoms with Gasteiger partial charge in [0, 0.05) is 37.8 Å². The maximum Gasteiger partial charge on any atom is 0.220 e. The Morgan fingerprint density at radius 1 is 0.958 bits per heavy atom. The van der Waals surface area contributed by atoms with Crippen molar-refractivity contribution in [2.75, 3.05) is 13.1 Å². The maximum absolute atomic E-state index is 12.0. The van der Waals surface area contributed by atoms with Crippen LogP contribution in [0.2, 0.25) is 0 Å². The van der Waals surface area contributed by atoms with Gasteiger partial charge in [-0.05, 0) is 44.4 Å². The molecule has 1 fully saturated rings. The molecule has 0 aliphatic heterocycles. The molecule has 5 nitrogen and oxygen atoms in total. The van der Waals surface area contributed by atoms with Gasteiger partial charge in [0.25, 0.3) is 0 Å². The minimum atomic E-state index is 0.0257. The molecule has 0 spiro atoms. The third-order valence-corrected chi connectivity index (χ3v) is 4.79. The second-order valence-electron chi connectivity index (χ2n) is 7.28. The smallest absolute Gasteiger partial charge is 0.220 e. The van der Waals surface area contributed by atoms with Crippen LogP contribution in [0, 0.1) is 17.8 Å². The van der Waals surface area contributed by atoms with E-state index in [-0.39, 0.29) is 23.7 Å². The van der Waals surface area contributed by atoms with Crippen molar-refractivity contribution in [2.45, 2.75) is 72.1 Å². The van der Waals surface area contributed by atoms with Crippen LogP contribution in [-0.2, 0) is 14.4 Å². The summed E-state index contributed by atoms with van der Waals surface area (Å²) in [5, 5.41) is 5.79. The average Bonchev–Trinajstić information content (AvgIpc) is 2.57. The minimum Gasteiger partial charge on any atom is -0.356 e. The van der Waals surface area contributed by atoms with E-state index in [0.29, 0.717) is 44.1 Å². The fourth-order valence-corrected chi connectivity index (χ4v) is 3.23. The van der Waals surface area contributed by atoms with Crippen molar-refractivity contribution in [2.24, 2.45) is 17.8 Å². The molecule has 0 atom stereocenters. The number of Topliss-reactive ketones (excluding diaryl/α,β-unsaturated/α-hetero) is 1. The predicted octanol–water partition coefficient (Wildman–Crippen LogP) is 2.83. The zero-order valence-electron chi connectivity index (χ0n) is 15.5. The van der Waals surface area contributed by atoms with E-state index in [1.165, 1.54) is 0 Å². The lowest BCUT2D eigenvalue weighted by Gasteiger charge is -2.28. The Balaban J connectivity index is 2.11. The van der Waals surface area contributed by atoms with Crippen molar-refractivity contribution >= 4 is 17.6 Å². The number of amides is 2. The molecule has 24 heavy (non-hydrogen) atoms. The lowest BCUT2D eigenvalue weighted by atomic mass is 9.78. The van der Waals surface area contributed by atoms with Gasteiger partial charge in [-0.25, -0.2) is 0 Å². The molecule has 2 N–H and O–H groups in total. The molecule has 0 heterocycles. The first kappa shape index (κ1) is 20.7. The molecule has 5 heteroatoms. The van der Waals surface area contributed by atoms with Crippen molar-refractivity contribution in [3.8, 4) is 0 Å². The molecule has 0 aromatic heterocycles. The summed E-state index contributed by atoms with van der Waals surface area (Å²) in [5.41, 5.74) is 0. The number of carbonyl (C=O) groups excluding carboxylic acids is 3. The second-order valence-corrected chi connectivity index (χ2v) is 7.28. The van der Waals surface area contributed by atoms with Gasteiger partial charge >= 0.3 is 0 Å². The summed E-state index contributed by atoms with van der Waals surface area (Å²) in [5.74, 6) is 1.27. The molecule has 0 radical (unpaired) electrons. The first-order valence-electron chi connectivity index (χ1n) is 9.51. The van der Waals surface area contributed by atoms with E-state index >= 15 is 0 Å². The molecule has 2 amide bonds. The highest BCUT2D eigenvalue weighted by Gasteiger charge is 2.27. The zero-order chi connectivity index (χ0) is 17.9. The van der Waals surface area contributed by atoms with Crippen molar-refractivity contribution < 1.29 is 14.4 Å². The molecule has 1 rings (SSSR count). The Bertz CT molecular complexity index is 413. The van der Waals surface area contributed by atoms with Gasteiger partial charge in [0.05, 0.1) is 0 Å². The van der Waals surface area contributed by atoms with Gasteiger partial charge in [0.15, 0.2) is 0 Å². The summed E-state index contributed by atoms with van der Waals surface area (Å²) in [4.78, 5) is 35.3. The monoisotopic (exact) mass is 338 g/mol. The van der Waals surface area contributed by atoms with E-state index in [0.717, 1.165) is 32.1 Å². The summed E-state index contributed by atoms with van der Waals surface area (Å²) in [7, 11) is 0. The molecule has 1 saturated carbocycles. The van der Waals surface area contributed by atoms with Gasteiger partial charge in [-0.3, -0.25) is 14.4 Å². The molecule has 0 aromatic rings. The second kappa shape index (κ2) is 11.2. The van der Waals surface area contributed by atoms with Crippen molar-refractivity contribution in [1.29, 1.82) is 0 Å². The van der Waals surface area contributed by atoms with Crippen molar-refractivity contribution in [3.63, 3.8) is 0 Å². The van der Waals surface area contributed by atoms with Gasteiger partial charge in [-0.15, -0.1) is 0 Å². The summed E-state index contributed by atoms with van der Waals surface area (Å²) in [6, 6.07) is 0. The van der Waals surface area contributed by atoms with Gasteiger partial charge in [0.1, 0.15) is 5.78 Å². The van der Waals surface area contributed by atoms with Crippen molar-refractivity contribution in [3.05, 3.63) is 0 Å². The number of carbonyl (C=O) groups is 3. The quantitative estimate of drug-likeness (QED) is 0.643. The standard InChI is InChI=1S/C19H34N2O3/c1-4-12-20-17(22)6-5-7-18(23)21-13-15-8-10-16(11-9-15)19(24)14(2)3/h14-16H,4-13H2,1-3H3,(H,20,22)(H,21,23). The lowest BCUT2D eigenvalue weighted by Crippen LogP contribution is -2.33. The van der Waals surface area contributed by atoms with Crippen LogP contribution >= 0.6 is 0 Å². The normalized spacial score (nSPS) is 20.7. The molecule has 0 bridgehead atoms. The summed E-state index contributed by atoms with van der Waals surface area (Å²) in [6.07, 6.45) is 6.28. The predicted molar refractivity (Wildman–Crippen MR) is 95.5 cm³/mol. The van der Waals surface area contributed by atoms with E-state index in [2.05, 4.69) is 10.6 Å². The summed E-state index contributed by atoms with van der Waals surface area (Å²) < 4.78 is 0. The lowest BCUT2D eigenvalue weighted by molar-refractivity contribution is -0.127. The average molecular weight is 338 g/mol. The molecular weight excluding hydrogens is 304 g/mol. The Morgan fingerprint density at radius 3 is 2.08 bits per heavy atom. The fourth-order valence-electron chi connectivity index (χ4n) is 3.23. The number of rotatable bonds is 10. The van der Waals surface area contributed by atoms with Crippen LogP contribution in [0.3, 0.4) is 0 Å². The van der Waals surface area contributed by atoms with Gasteiger partial charge in [-0.2, -0.15) is 0 Å². The first-order valence-corrected chi connectivity index (χ1v) is 9.51. The Hall–Kier alpha value is -1.39. The first-order chi connectivity index (χ1) is 11.4. The Morgan fingerprint density at radius 2 is 1.54 bits per heavy atom. The van der Waals surface area contributed by atoms with E-state index in [4.69, 9.17) is 0 Å². The molecular formula is C19H34N2O3. The van der Waals surface area contributed by atoms with E-state index in [9.17, 15) is 14.4 Å². The highest BCUT2D eigenvalue weighted by atomic mass is 16.2. The molecule has 138 valence electrons. The van der Waals surface area contributed by atoms with Crippen LogP contribution in [0.5, 0.6) is 0 Å². The van der Waals surface area contributed by atoms with E-state index in [1.54, 1.807) is 0 Å². The largest absolute Gasteiger partial charge is 0.356 e. The minimum absolute atomic E-state index is 0.0257.